The van der Waals surface area contributed by atoms with Crippen LogP contribution >= 0.6 is 0 Å². The number of nitrogens with two attached hydrogens (primary N) is 1. The molecule has 0 aliphatic rings. The monoisotopic (exact) mass is 250 g/mol. The van der Waals surface area contributed by atoms with E-state index >= 15 is 0 Å². The molecule has 0 atom stereocenters. The zero-order chi connectivity index (χ0) is 13.3. The predicted octanol–water partition coefficient (Wildman–Crippen LogP) is 3.12. The lowest BCUT2D eigenvalue weighted by molar-refractivity contribution is -0.383. The maximum atomic E-state index is 13.1. The number of hydrogen-bond acceptors (Lipinski definition) is 3. The van der Waals surface area contributed by atoms with Gasteiger partial charge in [-0.25, -0.2) is 8.78 Å². The van der Waals surface area contributed by atoms with Gasteiger partial charge < -0.3 is 5.73 Å². The molecular weight excluding hydrogens is 242 g/mol. The van der Waals surface area contributed by atoms with Crippen molar-refractivity contribution in [2.45, 2.75) is 0 Å². The summed E-state index contributed by atoms with van der Waals surface area (Å²) >= 11 is 0. The Balaban J connectivity index is 2.54. The summed E-state index contributed by atoms with van der Waals surface area (Å²) in [7, 11) is 0. The van der Waals surface area contributed by atoms with Crippen LogP contribution in [0.3, 0.4) is 0 Å². The van der Waals surface area contributed by atoms with E-state index in [4.69, 9.17) is 5.73 Å². The molecule has 0 fully saturated rings. The normalized spacial score (nSPS) is 10.3. The zero-order valence-electron chi connectivity index (χ0n) is 9.06. The predicted molar refractivity (Wildman–Crippen MR) is 62.9 cm³/mol. The number of nitrogen functional groups attached to an aromatic ring is 1. The number of benzene rings is 2. The van der Waals surface area contributed by atoms with Gasteiger partial charge in [-0.15, -0.1) is 0 Å². The number of halogens is 2. The van der Waals surface area contributed by atoms with Crippen LogP contribution in [0, 0.1) is 21.7 Å². The first-order valence-corrected chi connectivity index (χ1v) is 4.98. The van der Waals surface area contributed by atoms with Crippen LogP contribution in [0.1, 0.15) is 0 Å². The van der Waals surface area contributed by atoms with Crippen LogP contribution < -0.4 is 5.73 Å². The Bertz CT molecular complexity index is 629. The van der Waals surface area contributed by atoms with Crippen LogP contribution in [0.15, 0.2) is 36.4 Å². The van der Waals surface area contributed by atoms with Crippen molar-refractivity contribution in [1.29, 1.82) is 0 Å². The summed E-state index contributed by atoms with van der Waals surface area (Å²) in [6, 6.07) is 7.37. The van der Waals surface area contributed by atoms with E-state index in [1.165, 1.54) is 24.3 Å². The minimum atomic E-state index is -1.01. The molecule has 0 spiro atoms. The van der Waals surface area contributed by atoms with Crippen molar-refractivity contribution in [2.24, 2.45) is 0 Å². The highest BCUT2D eigenvalue weighted by Crippen LogP contribution is 2.29. The second-order valence-corrected chi connectivity index (χ2v) is 3.66. The molecule has 2 rings (SSSR count). The van der Waals surface area contributed by atoms with Gasteiger partial charge in [-0.1, -0.05) is 12.1 Å². The van der Waals surface area contributed by atoms with Crippen molar-refractivity contribution >= 4 is 11.4 Å². The number of rotatable bonds is 2. The highest BCUT2D eigenvalue weighted by molar-refractivity contribution is 5.72. The second-order valence-electron chi connectivity index (χ2n) is 3.66. The minimum absolute atomic E-state index is 0.0198. The molecule has 2 aromatic rings. The molecule has 6 heteroatoms. The van der Waals surface area contributed by atoms with Gasteiger partial charge in [0.25, 0.3) is 5.69 Å². The Morgan fingerprint density at radius 1 is 1.00 bits per heavy atom. The van der Waals surface area contributed by atoms with E-state index in [2.05, 4.69) is 0 Å². The maximum Gasteiger partial charge on any atom is 0.292 e. The van der Waals surface area contributed by atoms with Crippen LogP contribution in [-0.2, 0) is 0 Å². The molecule has 92 valence electrons. The summed E-state index contributed by atoms with van der Waals surface area (Å²) in [4.78, 5) is 10.1. The van der Waals surface area contributed by atoms with Gasteiger partial charge in [-0.05, 0) is 29.3 Å². The van der Waals surface area contributed by atoms with E-state index in [1.807, 2.05) is 0 Å². The van der Waals surface area contributed by atoms with E-state index in [0.29, 0.717) is 11.1 Å². The van der Waals surface area contributed by atoms with Crippen molar-refractivity contribution in [3.8, 4) is 11.1 Å². The highest BCUT2D eigenvalue weighted by Gasteiger charge is 2.13. The third-order valence-corrected chi connectivity index (χ3v) is 2.48. The molecule has 0 radical (unpaired) electrons. The third-order valence-electron chi connectivity index (χ3n) is 2.48. The standard InChI is InChI=1S/C12H8F2N2O2/c13-9-3-1-7(5-10(9)14)8-2-4-11(15)12(6-8)16(17)18/h1-6H,15H2. The average molecular weight is 250 g/mol. The lowest BCUT2D eigenvalue weighted by Gasteiger charge is -2.04. The lowest BCUT2D eigenvalue weighted by Crippen LogP contribution is -1.96. The lowest BCUT2D eigenvalue weighted by atomic mass is 10.0. The summed E-state index contributed by atoms with van der Waals surface area (Å²) in [5, 5.41) is 10.7. The van der Waals surface area contributed by atoms with Gasteiger partial charge in [-0.3, -0.25) is 10.1 Å². The summed E-state index contributed by atoms with van der Waals surface area (Å²) < 4.78 is 25.9. The van der Waals surface area contributed by atoms with Gasteiger partial charge in [0, 0.05) is 6.07 Å². The minimum Gasteiger partial charge on any atom is -0.393 e. The Morgan fingerprint density at radius 2 is 1.61 bits per heavy atom. The molecule has 0 unspecified atom stereocenters. The Labute approximate surface area is 101 Å². The Hall–Kier alpha value is -2.50. The number of hydrogen-bond donors (Lipinski definition) is 1. The fourth-order valence-corrected chi connectivity index (χ4v) is 1.56. The number of nitro benzene ring substituents is 1. The zero-order valence-corrected chi connectivity index (χ0v) is 9.06. The van der Waals surface area contributed by atoms with Crippen LogP contribution in [0.25, 0.3) is 11.1 Å². The third kappa shape index (κ3) is 2.13. The van der Waals surface area contributed by atoms with Crippen molar-refractivity contribution < 1.29 is 13.7 Å². The molecule has 0 bridgehead atoms. The van der Waals surface area contributed by atoms with Crippen molar-refractivity contribution in [2.75, 3.05) is 5.73 Å². The number of nitro groups is 1. The van der Waals surface area contributed by atoms with Crippen LogP contribution in [0.4, 0.5) is 20.2 Å². The SMILES string of the molecule is Nc1ccc(-c2ccc(F)c(F)c2)cc1[N+](=O)[O-]. The molecule has 0 saturated heterocycles. The average Bonchev–Trinajstić information content (AvgIpc) is 2.33. The van der Waals surface area contributed by atoms with Gasteiger partial charge in [-0.2, -0.15) is 0 Å². The highest BCUT2D eigenvalue weighted by atomic mass is 19.2. The fourth-order valence-electron chi connectivity index (χ4n) is 1.56. The molecule has 2 N–H and O–H groups in total. The Morgan fingerprint density at radius 3 is 2.22 bits per heavy atom. The molecule has 0 saturated carbocycles. The molecule has 0 aliphatic heterocycles. The smallest absolute Gasteiger partial charge is 0.292 e. The molecular formula is C12H8F2N2O2. The first-order valence-electron chi connectivity index (χ1n) is 4.98. The first-order chi connectivity index (χ1) is 8.49. The summed E-state index contributed by atoms with van der Waals surface area (Å²) in [6.07, 6.45) is 0. The molecule has 0 aromatic heterocycles. The second kappa shape index (κ2) is 4.40. The quantitative estimate of drug-likeness (QED) is 0.505. The molecule has 2 aromatic carbocycles. The summed E-state index contributed by atoms with van der Waals surface area (Å²) in [5.74, 6) is -1.98. The largest absolute Gasteiger partial charge is 0.393 e. The van der Waals surface area contributed by atoms with Crippen LogP contribution in [0.5, 0.6) is 0 Å². The van der Waals surface area contributed by atoms with Gasteiger partial charge >= 0.3 is 0 Å². The Kier molecular flexibility index (Phi) is 2.93. The van der Waals surface area contributed by atoms with Crippen molar-refractivity contribution in [3.05, 3.63) is 58.1 Å². The summed E-state index contributed by atoms with van der Waals surface area (Å²) in [5.41, 5.74) is 5.94. The summed E-state index contributed by atoms with van der Waals surface area (Å²) in [6.45, 7) is 0. The van der Waals surface area contributed by atoms with E-state index in [-0.39, 0.29) is 11.4 Å². The van der Waals surface area contributed by atoms with Crippen LogP contribution in [-0.4, -0.2) is 4.92 Å². The van der Waals surface area contributed by atoms with Gasteiger partial charge in [0.15, 0.2) is 11.6 Å². The van der Waals surface area contributed by atoms with Gasteiger partial charge in [0.1, 0.15) is 5.69 Å². The molecule has 4 nitrogen and oxygen atoms in total. The molecule has 18 heavy (non-hydrogen) atoms. The number of anilines is 1. The van der Waals surface area contributed by atoms with E-state index in [9.17, 15) is 18.9 Å². The van der Waals surface area contributed by atoms with E-state index in [0.717, 1.165) is 12.1 Å². The van der Waals surface area contributed by atoms with E-state index < -0.39 is 16.6 Å². The molecule has 0 heterocycles. The maximum absolute atomic E-state index is 13.1. The topological polar surface area (TPSA) is 69.2 Å². The molecule has 0 amide bonds. The van der Waals surface area contributed by atoms with E-state index in [1.54, 1.807) is 0 Å². The number of nitrogens with zero attached hydrogens (tertiary/aromatic N) is 1. The van der Waals surface area contributed by atoms with Gasteiger partial charge in [0.05, 0.1) is 4.92 Å². The fraction of sp³-hybridized carbons (Fsp3) is 0. The van der Waals surface area contributed by atoms with Gasteiger partial charge in [0.2, 0.25) is 0 Å². The van der Waals surface area contributed by atoms with Crippen molar-refractivity contribution in [3.63, 3.8) is 0 Å². The van der Waals surface area contributed by atoms with Crippen molar-refractivity contribution in [1.82, 2.24) is 0 Å². The molecule has 0 aliphatic carbocycles. The van der Waals surface area contributed by atoms with Crippen LogP contribution in [0.2, 0.25) is 0 Å². The first kappa shape index (κ1) is 12.0.